The van der Waals surface area contributed by atoms with Crippen LogP contribution in [0.3, 0.4) is 0 Å². The van der Waals surface area contributed by atoms with Gasteiger partial charge in [0.1, 0.15) is 5.82 Å². The second kappa shape index (κ2) is 7.46. The number of benzene rings is 1. The highest BCUT2D eigenvalue weighted by Gasteiger charge is 2.18. The predicted molar refractivity (Wildman–Crippen MR) is 87.8 cm³/mol. The van der Waals surface area contributed by atoms with Gasteiger partial charge in [-0.2, -0.15) is 0 Å². The van der Waals surface area contributed by atoms with Gasteiger partial charge in [0.2, 0.25) is 0 Å². The standard InChI is InChI=1S/C17H19FN4O2/c18-16-8-15(10-19-11-16)13-21-6-4-20(5-7-21)12-14-2-1-3-17(9-14)22(23)24/h1-3,8-11H,4-7,12-13H2. The number of pyridine rings is 1. The third-order valence-electron chi connectivity index (χ3n) is 4.16. The molecule has 3 rings (SSSR count). The van der Waals surface area contributed by atoms with Crippen molar-refractivity contribution in [1.29, 1.82) is 0 Å². The molecule has 0 N–H and O–H groups in total. The summed E-state index contributed by atoms with van der Waals surface area (Å²) in [6, 6.07) is 8.29. The van der Waals surface area contributed by atoms with E-state index in [2.05, 4.69) is 14.8 Å². The highest BCUT2D eigenvalue weighted by molar-refractivity contribution is 5.34. The van der Waals surface area contributed by atoms with Gasteiger partial charge in [-0.05, 0) is 17.2 Å². The lowest BCUT2D eigenvalue weighted by atomic mass is 10.1. The smallest absolute Gasteiger partial charge is 0.269 e. The molecular formula is C17H19FN4O2. The van der Waals surface area contributed by atoms with E-state index in [4.69, 9.17) is 0 Å². The number of rotatable bonds is 5. The Morgan fingerprint density at radius 3 is 2.33 bits per heavy atom. The highest BCUT2D eigenvalue weighted by Crippen LogP contribution is 2.16. The Morgan fingerprint density at radius 1 is 1.04 bits per heavy atom. The van der Waals surface area contributed by atoms with Crippen molar-refractivity contribution in [2.45, 2.75) is 13.1 Å². The van der Waals surface area contributed by atoms with Gasteiger partial charge in [0.15, 0.2) is 0 Å². The van der Waals surface area contributed by atoms with Gasteiger partial charge in [-0.15, -0.1) is 0 Å². The molecule has 126 valence electrons. The number of nitro groups is 1. The summed E-state index contributed by atoms with van der Waals surface area (Å²) in [6.07, 6.45) is 2.90. The number of nitro benzene ring substituents is 1. The Hall–Kier alpha value is -2.38. The zero-order valence-electron chi connectivity index (χ0n) is 13.3. The van der Waals surface area contributed by atoms with Gasteiger partial charge in [0, 0.05) is 57.6 Å². The van der Waals surface area contributed by atoms with Gasteiger partial charge in [-0.3, -0.25) is 24.9 Å². The molecular weight excluding hydrogens is 311 g/mol. The number of hydrogen-bond acceptors (Lipinski definition) is 5. The molecule has 1 aliphatic rings. The fourth-order valence-corrected chi connectivity index (χ4v) is 2.93. The molecule has 1 aliphatic heterocycles. The molecule has 24 heavy (non-hydrogen) atoms. The monoisotopic (exact) mass is 330 g/mol. The van der Waals surface area contributed by atoms with Gasteiger partial charge in [0.05, 0.1) is 11.1 Å². The minimum Gasteiger partial charge on any atom is -0.297 e. The third-order valence-corrected chi connectivity index (χ3v) is 4.16. The summed E-state index contributed by atoms with van der Waals surface area (Å²) in [6.45, 7) is 4.92. The summed E-state index contributed by atoms with van der Waals surface area (Å²) in [5.74, 6) is -0.309. The van der Waals surface area contributed by atoms with Crippen molar-refractivity contribution in [2.24, 2.45) is 0 Å². The Balaban J connectivity index is 1.52. The van der Waals surface area contributed by atoms with Crippen LogP contribution in [-0.4, -0.2) is 45.9 Å². The quantitative estimate of drug-likeness (QED) is 0.622. The fourth-order valence-electron chi connectivity index (χ4n) is 2.93. The van der Waals surface area contributed by atoms with Crippen LogP contribution in [0.15, 0.2) is 42.7 Å². The van der Waals surface area contributed by atoms with Crippen LogP contribution in [0, 0.1) is 15.9 Å². The number of nitrogens with zero attached hydrogens (tertiary/aromatic N) is 4. The van der Waals surface area contributed by atoms with Crippen molar-refractivity contribution >= 4 is 5.69 Å². The van der Waals surface area contributed by atoms with E-state index in [-0.39, 0.29) is 16.4 Å². The lowest BCUT2D eigenvalue weighted by Gasteiger charge is -2.34. The zero-order chi connectivity index (χ0) is 16.9. The van der Waals surface area contributed by atoms with Gasteiger partial charge in [-0.1, -0.05) is 12.1 Å². The largest absolute Gasteiger partial charge is 0.297 e. The zero-order valence-corrected chi connectivity index (χ0v) is 13.3. The summed E-state index contributed by atoms with van der Waals surface area (Å²) < 4.78 is 13.2. The maximum absolute atomic E-state index is 13.2. The molecule has 7 heteroatoms. The van der Waals surface area contributed by atoms with Crippen LogP contribution >= 0.6 is 0 Å². The van der Waals surface area contributed by atoms with Crippen LogP contribution in [0.1, 0.15) is 11.1 Å². The highest BCUT2D eigenvalue weighted by atomic mass is 19.1. The van der Waals surface area contributed by atoms with Crippen molar-refractivity contribution in [1.82, 2.24) is 14.8 Å². The first-order valence-electron chi connectivity index (χ1n) is 7.87. The van der Waals surface area contributed by atoms with Crippen LogP contribution in [0.5, 0.6) is 0 Å². The van der Waals surface area contributed by atoms with Gasteiger partial charge >= 0.3 is 0 Å². The minimum absolute atomic E-state index is 0.129. The predicted octanol–water partition coefficient (Wildman–Crippen LogP) is 2.45. The molecule has 2 aromatic rings. The lowest BCUT2D eigenvalue weighted by molar-refractivity contribution is -0.384. The van der Waals surface area contributed by atoms with Gasteiger partial charge in [-0.25, -0.2) is 4.39 Å². The number of aromatic nitrogens is 1. The van der Waals surface area contributed by atoms with Crippen LogP contribution in [-0.2, 0) is 13.1 Å². The molecule has 0 atom stereocenters. The first-order chi connectivity index (χ1) is 11.6. The van der Waals surface area contributed by atoms with Crippen molar-refractivity contribution in [3.63, 3.8) is 0 Å². The average Bonchev–Trinajstić information content (AvgIpc) is 2.57. The van der Waals surface area contributed by atoms with Crippen molar-refractivity contribution in [3.05, 3.63) is 69.8 Å². The van der Waals surface area contributed by atoms with Gasteiger partial charge < -0.3 is 0 Å². The Kier molecular flexibility index (Phi) is 5.12. The molecule has 0 bridgehead atoms. The molecule has 1 fully saturated rings. The topological polar surface area (TPSA) is 62.5 Å². The van der Waals surface area contributed by atoms with Crippen LogP contribution in [0.2, 0.25) is 0 Å². The van der Waals surface area contributed by atoms with Crippen molar-refractivity contribution in [2.75, 3.05) is 26.2 Å². The molecule has 0 unspecified atom stereocenters. The van der Waals surface area contributed by atoms with E-state index in [0.717, 1.165) is 37.3 Å². The molecule has 1 aromatic heterocycles. The summed E-state index contributed by atoms with van der Waals surface area (Å²) in [7, 11) is 0. The maximum atomic E-state index is 13.2. The second-order valence-corrected chi connectivity index (χ2v) is 5.99. The number of hydrogen-bond donors (Lipinski definition) is 0. The van der Waals surface area contributed by atoms with E-state index < -0.39 is 0 Å². The maximum Gasteiger partial charge on any atom is 0.269 e. The first-order valence-corrected chi connectivity index (χ1v) is 7.87. The molecule has 1 saturated heterocycles. The summed E-state index contributed by atoms with van der Waals surface area (Å²) in [5, 5.41) is 10.8. The molecule has 0 amide bonds. The van der Waals surface area contributed by atoms with E-state index in [1.54, 1.807) is 18.3 Å². The summed E-state index contributed by atoms with van der Waals surface area (Å²) >= 11 is 0. The van der Waals surface area contributed by atoms with Crippen LogP contribution < -0.4 is 0 Å². The molecule has 0 aliphatic carbocycles. The molecule has 1 aromatic carbocycles. The van der Waals surface area contributed by atoms with Crippen LogP contribution in [0.25, 0.3) is 0 Å². The van der Waals surface area contributed by atoms with E-state index >= 15 is 0 Å². The Labute approximate surface area is 139 Å². The number of piperazine rings is 1. The van der Waals surface area contributed by atoms with E-state index in [0.29, 0.717) is 13.1 Å². The minimum atomic E-state index is -0.367. The van der Waals surface area contributed by atoms with E-state index in [1.807, 2.05) is 6.07 Å². The second-order valence-electron chi connectivity index (χ2n) is 5.99. The van der Waals surface area contributed by atoms with Crippen molar-refractivity contribution in [3.8, 4) is 0 Å². The third kappa shape index (κ3) is 4.33. The number of non-ortho nitro benzene ring substituents is 1. The molecule has 0 saturated carbocycles. The summed E-state index contributed by atoms with van der Waals surface area (Å²) in [5.41, 5.74) is 1.96. The SMILES string of the molecule is O=[N+]([O-])c1cccc(CN2CCN(Cc3cncc(F)c3)CC2)c1. The van der Waals surface area contributed by atoms with E-state index in [1.165, 1.54) is 18.3 Å². The lowest BCUT2D eigenvalue weighted by Crippen LogP contribution is -2.45. The fraction of sp³-hybridized carbons (Fsp3) is 0.353. The molecule has 0 spiro atoms. The molecule has 6 nitrogen and oxygen atoms in total. The van der Waals surface area contributed by atoms with Crippen molar-refractivity contribution < 1.29 is 9.31 Å². The Morgan fingerprint density at radius 2 is 1.71 bits per heavy atom. The summed E-state index contributed by atoms with van der Waals surface area (Å²) in [4.78, 5) is 18.9. The van der Waals surface area contributed by atoms with Gasteiger partial charge in [0.25, 0.3) is 5.69 Å². The van der Waals surface area contributed by atoms with E-state index in [9.17, 15) is 14.5 Å². The molecule has 0 radical (unpaired) electrons. The Bertz CT molecular complexity index is 717. The average molecular weight is 330 g/mol. The first kappa shape index (κ1) is 16.5. The van der Waals surface area contributed by atoms with Crippen LogP contribution in [0.4, 0.5) is 10.1 Å². The molecule has 2 heterocycles. The normalized spacial score (nSPS) is 16.2. The number of halogens is 1.